The van der Waals surface area contributed by atoms with Gasteiger partial charge in [-0.3, -0.25) is 9.78 Å². The number of H-pyrrole nitrogens is 1. The molecule has 0 aliphatic heterocycles. The van der Waals surface area contributed by atoms with E-state index in [4.69, 9.17) is 0 Å². The standard InChI is InChI=1S/C16H21N5S.ClH/c1-12-9-13(2)21(20-12)7-4-6-17-10-14-11-18-19-16(14)15-5-3-8-22-15;/h3,5,8-9,11,17H,4,6-7,10H2,1-2H3,(H,18,19);1H. The SMILES string of the molecule is Cc1cc(C)n(CCCNCc2cn[nH]c2-c2cccs2)n1.Cl. The molecule has 3 heterocycles. The van der Waals surface area contributed by atoms with Crippen LogP contribution in [0.25, 0.3) is 10.6 Å². The second-order valence-corrected chi connectivity index (χ2v) is 6.38. The topological polar surface area (TPSA) is 58.5 Å². The third kappa shape index (κ3) is 4.43. The van der Waals surface area contributed by atoms with E-state index in [0.717, 1.165) is 37.4 Å². The number of halogens is 1. The molecular formula is C16H22ClN5S. The lowest BCUT2D eigenvalue weighted by atomic mass is 10.2. The Labute approximate surface area is 146 Å². The van der Waals surface area contributed by atoms with Gasteiger partial charge in [0.05, 0.1) is 22.5 Å². The highest BCUT2D eigenvalue weighted by molar-refractivity contribution is 7.13. The van der Waals surface area contributed by atoms with Crippen LogP contribution in [-0.4, -0.2) is 26.5 Å². The van der Waals surface area contributed by atoms with Crippen molar-refractivity contribution < 1.29 is 0 Å². The molecule has 0 bridgehead atoms. The molecule has 5 nitrogen and oxygen atoms in total. The van der Waals surface area contributed by atoms with Gasteiger partial charge in [-0.25, -0.2) is 0 Å². The van der Waals surface area contributed by atoms with E-state index in [0.29, 0.717) is 0 Å². The van der Waals surface area contributed by atoms with E-state index in [9.17, 15) is 0 Å². The van der Waals surface area contributed by atoms with Crippen molar-refractivity contribution in [3.8, 4) is 10.6 Å². The molecule has 0 fully saturated rings. The predicted molar refractivity (Wildman–Crippen MR) is 97.2 cm³/mol. The summed E-state index contributed by atoms with van der Waals surface area (Å²) in [6.45, 7) is 6.89. The molecule has 0 atom stereocenters. The number of aromatic nitrogens is 4. The van der Waals surface area contributed by atoms with E-state index in [1.54, 1.807) is 11.3 Å². The number of hydrogen-bond acceptors (Lipinski definition) is 4. The van der Waals surface area contributed by atoms with Gasteiger partial charge in [0.1, 0.15) is 0 Å². The maximum Gasteiger partial charge on any atom is 0.0794 e. The van der Waals surface area contributed by atoms with Crippen LogP contribution < -0.4 is 5.32 Å². The molecule has 0 aromatic carbocycles. The average molecular weight is 352 g/mol. The summed E-state index contributed by atoms with van der Waals surface area (Å²) in [5.74, 6) is 0. The number of thiophene rings is 1. The monoisotopic (exact) mass is 351 g/mol. The summed E-state index contributed by atoms with van der Waals surface area (Å²) in [6, 6.07) is 6.29. The summed E-state index contributed by atoms with van der Waals surface area (Å²) in [4.78, 5) is 1.23. The first-order valence-electron chi connectivity index (χ1n) is 7.52. The van der Waals surface area contributed by atoms with Crippen molar-refractivity contribution in [2.45, 2.75) is 33.4 Å². The summed E-state index contributed by atoms with van der Waals surface area (Å²) in [6.07, 6.45) is 2.97. The summed E-state index contributed by atoms with van der Waals surface area (Å²) in [5, 5.41) is 17.3. The molecule has 0 saturated heterocycles. The molecule has 0 unspecified atom stereocenters. The van der Waals surface area contributed by atoms with E-state index >= 15 is 0 Å². The summed E-state index contributed by atoms with van der Waals surface area (Å²) < 4.78 is 2.08. The largest absolute Gasteiger partial charge is 0.312 e. The minimum Gasteiger partial charge on any atom is -0.312 e. The van der Waals surface area contributed by atoms with E-state index in [1.807, 2.05) is 13.1 Å². The fourth-order valence-corrected chi connectivity index (χ4v) is 3.31. The lowest BCUT2D eigenvalue weighted by molar-refractivity contribution is 0.532. The van der Waals surface area contributed by atoms with E-state index < -0.39 is 0 Å². The lowest BCUT2D eigenvalue weighted by Crippen LogP contribution is -2.17. The Bertz CT molecular complexity index is 717. The Morgan fingerprint density at radius 1 is 1.35 bits per heavy atom. The summed E-state index contributed by atoms with van der Waals surface area (Å²) in [7, 11) is 0. The zero-order chi connectivity index (χ0) is 15.4. The molecule has 124 valence electrons. The Morgan fingerprint density at radius 2 is 2.22 bits per heavy atom. The molecule has 0 aliphatic rings. The molecule has 0 aliphatic carbocycles. The zero-order valence-corrected chi connectivity index (χ0v) is 15.0. The number of rotatable bonds is 7. The van der Waals surface area contributed by atoms with Gasteiger partial charge >= 0.3 is 0 Å². The molecular weight excluding hydrogens is 330 g/mol. The smallest absolute Gasteiger partial charge is 0.0794 e. The van der Waals surface area contributed by atoms with E-state index in [1.165, 1.54) is 16.1 Å². The zero-order valence-electron chi connectivity index (χ0n) is 13.4. The van der Waals surface area contributed by atoms with Crippen LogP contribution in [0, 0.1) is 13.8 Å². The minimum absolute atomic E-state index is 0. The maximum atomic E-state index is 4.48. The van der Waals surface area contributed by atoms with Gasteiger partial charge in [0.15, 0.2) is 0 Å². The number of nitrogens with zero attached hydrogens (tertiary/aromatic N) is 3. The molecule has 7 heteroatoms. The highest BCUT2D eigenvalue weighted by atomic mass is 35.5. The van der Waals surface area contributed by atoms with Gasteiger partial charge in [0.2, 0.25) is 0 Å². The molecule has 23 heavy (non-hydrogen) atoms. The van der Waals surface area contributed by atoms with Crippen molar-refractivity contribution in [2.75, 3.05) is 6.54 Å². The molecule has 2 N–H and O–H groups in total. The first-order chi connectivity index (χ1) is 10.7. The summed E-state index contributed by atoms with van der Waals surface area (Å²) >= 11 is 1.73. The molecule has 3 rings (SSSR count). The van der Waals surface area contributed by atoms with Gasteiger partial charge in [0.25, 0.3) is 0 Å². The number of nitrogens with one attached hydrogen (secondary N) is 2. The van der Waals surface area contributed by atoms with Crippen LogP contribution in [0.15, 0.2) is 29.8 Å². The first kappa shape index (κ1) is 17.7. The number of aryl methyl sites for hydroxylation is 3. The van der Waals surface area contributed by atoms with Crippen LogP contribution in [0.2, 0.25) is 0 Å². The van der Waals surface area contributed by atoms with E-state index in [2.05, 4.69) is 55.8 Å². The third-order valence-corrected chi connectivity index (χ3v) is 4.52. The van der Waals surface area contributed by atoms with E-state index in [-0.39, 0.29) is 12.4 Å². The van der Waals surface area contributed by atoms with Crippen molar-refractivity contribution >= 4 is 23.7 Å². The minimum atomic E-state index is 0. The molecule has 3 aromatic rings. The average Bonchev–Trinajstić information content (AvgIpc) is 3.20. The molecule has 0 saturated carbocycles. The Balaban J connectivity index is 0.00000192. The van der Waals surface area contributed by atoms with Crippen molar-refractivity contribution in [2.24, 2.45) is 0 Å². The van der Waals surface area contributed by atoms with Crippen molar-refractivity contribution in [3.05, 3.63) is 46.7 Å². The van der Waals surface area contributed by atoms with Crippen LogP contribution in [0.5, 0.6) is 0 Å². The van der Waals surface area contributed by atoms with Crippen molar-refractivity contribution in [1.29, 1.82) is 0 Å². The van der Waals surface area contributed by atoms with Crippen LogP contribution in [0.4, 0.5) is 0 Å². The Kier molecular flexibility index (Phi) is 6.38. The van der Waals surface area contributed by atoms with Crippen molar-refractivity contribution in [1.82, 2.24) is 25.3 Å². The van der Waals surface area contributed by atoms with Gasteiger partial charge < -0.3 is 5.32 Å². The van der Waals surface area contributed by atoms with Gasteiger partial charge in [-0.1, -0.05) is 6.07 Å². The molecule has 0 radical (unpaired) electrons. The fourth-order valence-electron chi connectivity index (χ4n) is 2.56. The molecule has 3 aromatic heterocycles. The van der Waals surface area contributed by atoms with Gasteiger partial charge in [-0.05, 0) is 44.3 Å². The Morgan fingerprint density at radius 3 is 2.91 bits per heavy atom. The maximum absolute atomic E-state index is 4.48. The van der Waals surface area contributed by atoms with Gasteiger partial charge in [-0.15, -0.1) is 23.7 Å². The first-order valence-corrected chi connectivity index (χ1v) is 8.40. The van der Waals surface area contributed by atoms with Crippen LogP contribution >= 0.6 is 23.7 Å². The second kappa shape index (κ2) is 8.29. The second-order valence-electron chi connectivity index (χ2n) is 5.43. The van der Waals surface area contributed by atoms with Gasteiger partial charge in [-0.2, -0.15) is 10.2 Å². The number of aromatic amines is 1. The quantitative estimate of drug-likeness (QED) is 0.640. The van der Waals surface area contributed by atoms with Crippen molar-refractivity contribution in [3.63, 3.8) is 0 Å². The highest BCUT2D eigenvalue weighted by Gasteiger charge is 2.08. The van der Waals surface area contributed by atoms with Crippen LogP contribution in [-0.2, 0) is 13.1 Å². The Hall–Kier alpha value is -1.63. The van der Waals surface area contributed by atoms with Crippen LogP contribution in [0.3, 0.4) is 0 Å². The molecule has 0 amide bonds. The third-order valence-electron chi connectivity index (χ3n) is 3.63. The summed E-state index contributed by atoms with van der Waals surface area (Å²) in [5.41, 5.74) is 4.66. The van der Waals surface area contributed by atoms with Gasteiger partial charge in [0, 0.05) is 24.3 Å². The predicted octanol–water partition coefficient (Wildman–Crippen LogP) is 3.55. The lowest BCUT2D eigenvalue weighted by Gasteiger charge is -2.06. The number of hydrogen-bond donors (Lipinski definition) is 2. The van der Waals surface area contributed by atoms with Crippen LogP contribution in [0.1, 0.15) is 23.4 Å². The molecule has 0 spiro atoms. The normalized spacial score (nSPS) is 10.7. The highest BCUT2D eigenvalue weighted by Crippen LogP contribution is 2.25. The fraction of sp³-hybridized carbons (Fsp3) is 0.375.